The van der Waals surface area contributed by atoms with Crippen molar-refractivity contribution in [3.8, 4) is 11.8 Å². The van der Waals surface area contributed by atoms with Crippen molar-refractivity contribution in [1.82, 2.24) is 9.80 Å². The smallest absolute Gasteiger partial charge is 0.334 e. The van der Waals surface area contributed by atoms with Gasteiger partial charge in [-0.05, 0) is 18.2 Å². The van der Waals surface area contributed by atoms with Crippen LogP contribution in [0.2, 0.25) is 0 Å². The van der Waals surface area contributed by atoms with E-state index in [-0.39, 0.29) is 13.2 Å². The Hall–Kier alpha value is -2.88. The Morgan fingerprint density at radius 3 is 2.60 bits per heavy atom. The first-order valence-electron chi connectivity index (χ1n) is 5.81. The van der Waals surface area contributed by atoms with E-state index in [1.165, 1.54) is 7.05 Å². The summed E-state index contributed by atoms with van der Waals surface area (Å²) in [6, 6.07) is 7.82. The van der Waals surface area contributed by atoms with Crippen molar-refractivity contribution >= 4 is 17.8 Å². The van der Waals surface area contributed by atoms with Gasteiger partial charge in [0.15, 0.2) is 0 Å². The molecular formula is C13H11N3O4. The van der Waals surface area contributed by atoms with E-state index in [1.807, 2.05) is 6.07 Å². The molecule has 1 saturated heterocycles. The minimum absolute atomic E-state index is 0.0233. The Bertz CT molecular complexity index is 620. The summed E-state index contributed by atoms with van der Waals surface area (Å²) < 4.78 is 5.35. The van der Waals surface area contributed by atoms with Gasteiger partial charge in [-0.25, -0.2) is 4.79 Å². The molecule has 7 nitrogen and oxygen atoms in total. The fourth-order valence-corrected chi connectivity index (χ4v) is 1.72. The summed E-state index contributed by atoms with van der Waals surface area (Å²) in [6.07, 6.45) is 0. The van der Waals surface area contributed by atoms with Crippen molar-refractivity contribution in [3.05, 3.63) is 29.8 Å². The molecule has 20 heavy (non-hydrogen) atoms. The van der Waals surface area contributed by atoms with Gasteiger partial charge in [0.2, 0.25) is 0 Å². The third-order valence-electron chi connectivity index (χ3n) is 2.80. The summed E-state index contributed by atoms with van der Waals surface area (Å²) in [5.41, 5.74) is 0.450. The molecule has 7 heteroatoms. The number of urea groups is 1. The predicted molar refractivity (Wildman–Crippen MR) is 66.5 cm³/mol. The summed E-state index contributed by atoms with van der Waals surface area (Å²) in [7, 11) is 1.25. The Balaban J connectivity index is 1.93. The maximum absolute atomic E-state index is 11.6. The van der Waals surface area contributed by atoms with E-state index in [4.69, 9.17) is 10.00 Å². The lowest BCUT2D eigenvalue weighted by Gasteiger charge is -2.13. The molecule has 0 atom stereocenters. The van der Waals surface area contributed by atoms with Crippen LogP contribution in [0.25, 0.3) is 0 Å². The van der Waals surface area contributed by atoms with Gasteiger partial charge in [-0.2, -0.15) is 5.26 Å². The van der Waals surface area contributed by atoms with E-state index in [2.05, 4.69) is 0 Å². The first-order chi connectivity index (χ1) is 9.54. The maximum atomic E-state index is 11.6. The Morgan fingerprint density at radius 2 is 2.00 bits per heavy atom. The molecule has 1 aromatic rings. The number of hydrogen-bond donors (Lipinski definition) is 0. The van der Waals surface area contributed by atoms with Crippen LogP contribution in [0.1, 0.15) is 5.56 Å². The van der Waals surface area contributed by atoms with Gasteiger partial charge >= 0.3 is 17.8 Å². The number of benzene rings is 1. The second-order valence-electron chi connectivity index (χ2n) is 4.09. The van der Waals surface area contributed by atoms with Gasteiger partial charge in [0.05, 0.1) is 18.2 Å². The molecule has 0 saturated carbocycles. The van der Waals surface area contributed by atoms with Gasteiger partial charge in [0.25, 0.3) is 0 Å². The first-order valence-corrected chi connectivity index (χ1v) is 5.81. The fraction of sp³-hybridized carbons (Fsp3) is 0.231. The Morgan fingerprint density at radius 1 is 1.25 bits per heavy atom. The van der Waals surface area contributed by atoms with Crippen LogP contribution in [-0.2, 0) is 9.59 Å². The standard InChI is InChI=1S/C13H11N3O4/c1-15-11(17)12(18)16(13(15)19)5-6-20-10-4-2-3-9(7-10)8-14/h2-4,7H,5-6H2,1H3. The number of carbonyl (C=O) groups excluding carboxylic acids is 3. The molecule has 0 spiro atoms. The third kappa shape index (κ3) is 2.44. The molecule has 102 valence electrons. The molecule has 1 heterocycles. The molecule has 0 N–H and O–H groups in total. The van der Waals surface area contributed by atoms with Gasteiger partial charge in [0.1, 0.15) is 12.4 Å². The number of nitrogens with zero attached hydrogens (tertiary/aromatic N) is 3. The van der Waals surface area contributed by atoms with Crippen LogP contribution in [-0.4, -0.2) is 47.8 Å². The van der Waals surface area contributed by atoms with Gasteiger partial charge < -0.3 is 4.74 Å². The molecule has 0 aromatic heterocycles. The molecule has 0 aliphatic carbocycles. The molecular weight excluding hydrogens is 262 g/mol. The Kier molecular flexibility index (Phi) is 3.66. The molecule has 1 aliphatic heterocycles. The van der Waals surface area contributed by atoms with Crippen LogP contribution in [0.4, 0.5) is 4.79 Å². The van der Waals surface area contributed by atoms with E-state index >= 15 is 0 Å². The number of imide groups is 2. The first kappa shape index (κ1) is 13.5. The highest BCUT2D eigenvalue weighted by Crippen LogP contribution is 2.13. The Labute approximate surface area is 114 Å². The lowest BCUT2D eigenvalue weighted by atomic mass is 10.2. The monoisotopic (exact) mass is 273 g/mol. The molecule has 1 aliphatic rings. The number of hydrogen-bond acceptors (Lipinski definition) is 5. The number of ether oxygens (including phenoxy) is 1. The molecule has 0 unspecified atom stereocenters. The van der Waals surface area contributed by atoms with Crippen molar-refractivity contribution in [2.24, 2.45) is 0 Å². The largest absolute Gasteiger partial charge is 0.492 e. The van der Waals surface area contributed by atoms with E-state index in [9.17, 15) is 14.4 Å². The number of rotatable bonds is 4. The topological polar surface area (TPSA) is 90.7 Å². The van der Waals surface area contributed by atoms with Crippen molar-refractivity contribution < 1.29 is 19.1 Å². The number of nitriles is 1. The molecule has 1 aromatic carbocycles. The summed E-state index contributed by atoms with van der Waals surface area (Å²) in [5.74, 6) is -1.24. The van der Waals surface area contributed by atoms with Gasteiger partial charge in [-0.3, -0.25) is 19.4 Å². The number of carbonyl (C=O) groups is 3. The number of likely N-dealkylation sites (N-methyl/N-ethyl adjacent to an activating group) is 1. The van der Waals surface area contributed by atoms with Gasteiger partial charge in [0, 0.05) is 7.05 Å². The van der Waals surface area contributed by atoms with E-state index in [0.717, 1.165) is 9.80 Å². The van der Waals surface area contributed by atoms with Crippen LogP contribution in [0.15, 0.2) is 24.3 Å². The average molecular weight is 273 g/mol. The molecule has 1 fully saturated rings. The third-order valence-corrected chi connectivity index (χ3v) is 2.80. The zero-order valence-electron chi connectivity index (χ0n) is 10.7. The van der Waals surface area contributed by atoms with Crippen molar-refractivity contribution in [2.75, 3.05) is 20.2 Å². The lowest BCUT2D eigenvalue weighted by molar-refractivity contribution is -0.142. The van der Waals surface area contributed by atoms with Crippen LogP contribution in [0.5, 0.6) is 5.75 Å². The number of amides is 4. The van der Waals surface area contributed by atoms with Gasteiger partial charge in [-0.15, -0.1) is 0 Å². The normalized spacial score (nSPS) is 14.7. The lowest BCUT2D eigenvalue weighted by Crippen LogP contribution is -2.35. The van der Waals surface area contributed by atoms with Crippen LogP contribution >= 0.6 is 0 Å². The summed E-state index contributed by atoms with van der Waals surface area (Å²) in [4.78, 5) is 35.9. The van der Waals surface area contributed by atoms with E-state index in [1.54, 1.807) is 24.3 Å². The predicted octanol–water partition coefficient (Wildman–Crippen LogP) is 0.358. The zero-order valence-corrected chi connectivity index (χ0v) is 10.7. The van der Waals surface area contributed by atoms with Crippen LogP contribution in [0, 0.1) is 11.3 Å². The minimum Gasteiger partial charge on any atom is -0.492 e. The molecule has 0 bridgehead atoms. The van der Waals surface area contributed by atoms with Crippen LogP contribution < -0.4 is 4.74 Å². The van der Waals surface area contributed by atoms with Crippen molar-refractivity contribution in [2.45, 2.75) is 0 Å². The quantitative estimate of drug-likeness (QED) is 0.583. The second kappa shape index (κ2) is 5.40. The highest BCUT2D eigenvalue weighted by Gasteiger charge is 2.41. The highest BCUT2D eigenvalue weighted by atomic mass is 16.5. The SMILES string of the molecule is CN1C(=O)C(=O)N(CCOc2cccc(C#N)c2)C1=O. The average Bonchev–Trinajstić information content (AvgIpc) is 2.65. The van der Waals surface area contributed by atoms with Gasteiger partial charge in [-0.1, -0.05) is 6.07 Å². The second-order valence-corrected chi connectivity index (χ2v) is 4.09. The molecule has 2 rings (SSSR count). The fourth-order valence-electron chi connectivity index (χ4n) is 1.72. The summed E-state index contributed by atoms with van der Waals surface area (Å²) >= 11 is 0. The maximum Gasteiger partial charge on any atom is 0.334 e. The zero-order chi connectivity index (χ0) is 14.7. The molecule has 4 amide bonds. The van der Waals surface area contributed by atoms with E-state index < -0.39 is 17.8 Å². The molecule has 0 radical (unpaired) electrons. The van der Waals surface area contributed by atoms with Crippen molar-refractivity contribution in [3.63, 3.8) is 0 Å². The van der Waals surface area contributed by atoms with Crippen LogP contribution in [0.3, 0.4) is 0 Å². The minimum atomic E-state index is -0.855. The highest BCUT2D eigenvalue weighted by molar-refractivity contribution is 6.44. The summed E-state index contributed by atoms with van der Waals surface area (Å²) in [5, 5.41) is 8.74. The summed E-state index contributed by atoms with van der Waals surface area (Å²) in [6.45, 7) is 0.0258. The van der Waals surface area contributed by atoms with E-state index in [0.29, 0.717) is 11.3 Å². The van der Waals surface area contributed by atoms with Crippen molar-refractivity contribution in [1.29, 1.82) is 5.26 Å².